The lowest BCUT2D eigenvalue weighted by Gasteiger charge is -2.37. The molecule has 5 heteroatoms. The molecule has 120 valence electrons. The number of carbonyl (C=O) groups is 1. The molecule has 0 aliphatic heterocycles. The van der Waals surface area contributed by atoms with Crippen LogP contribution >= 0.6 is 0 Å². The van der Waals surface area contributed by atoms with Gasteiger partial charge >= 0.3 is 0 Å². The van der Waals surface area contributed by atoms with Gasteiger partial charge in [-0.1, -0.05) is 13.8 Å². The van der Waals surface area contributed by atoms with E-state index in [0.29, 0.717) is 6.42 Å². The van der Waals surface area contributed by atoms with Crippen LogP contribution in [0.25, 0.3) is 0 Å². The summed E-state index contributed by atoms with van der Waals surface area (Å²) in [4.78, 5) is 15.7. The maximum Gasteiger partial charge on any atom is 0.217 e. The Morgan fingerprint density at radius 1 is 1.48 bits per heavy atom. The van der Waals surface area contributed by atoms with Gasteiger partial charge in [0.1, 0.15) is 0 Å². The number of nitrogens with one attached hydrogen (secondary N) is 1. The Morgan fingerprint density at radius 3 is 2.57 bits per heavy atom. The molecule has 5 nitrogen and oxygen atoms in total. The summed E-state index contributed by atoms with van der Waals surface area (Å²) in [6.07, 6.45) is 4.64. The number of hydrogen-bond acceptors (Lipinski definition) is 4. The van der Waals surface area contributed by atoms with E-state index in [4.69, 9.17) is 10.5 Å². The molecule has 0 bridgehead atoms. The zero-order valence-corrected chi connectivity index (χ0v) is 13.8. The second-order valence-corrected chi connectivity index (χ2v) is 5.63. The number of nitrogens with two attached hydrogens (primary N) is 1. The lowest BCUT2D eigenvalue weighted by Crippen LogP contribution is -2.57. The van der Waals surface area contributed by atoms with Gasteiger partial charge in [-0.15, -0.1) is 0 Å². The van der Waals surface area contributed by atoms with Crippen molar-refractivity contribution in [3.8, 4) is 0 Å². The third kappa shape index (κ3) is 4.93. The fourth-order valence-corrected chi connectivity index (χ4v) is 2.66. The number of ether oxygens (including phenoxy) is 1. The molecular weight excluding hydrogens is 266 g/mol. The molecule has 3 atom stereocenters. The van der Waals surface area contributed by atoms with E-state index < -0.39 is 0 Å². The SMILES string of the molecule is CCC(CC)O[C@@H]1C=C(/C(C)=N/C)C[C@H](N)[C@H]1NC(C)=O. The molecule has 1 aliphatic rings. The average molecular weight is 295 g/mol. The molecule has 0 unspecified atom stereocenters. The summed E-state index contributed by atoms with van der Waals surface area (Å²) < 4.78 is 6.17. The quantitative estimate of drug-likeness (QED) is 0.734. The molecule has 0 aromatic rings. The topological polar surface area (TPSA) is 76.7 Å². The molecule has 0 saturated carbocycles. The van der Waals surface area contributed by atoms with Gasteiger partial charge in [0.15, 0.2) is 0 Å². The minimum atomic E-state index is -0.200. The van der Waals surface area contributed by atoms with E-state index in [-0.39, 0.29) is 30.2 Å². The molecular formula is C16H29N3O2. The highest BCUT2D eigenvalue weighted by Crippen LogP contribution is 2.24. The second-order valence-electron chi connectivity index (χ2n) is 5.63. The van der Waals surface area contributed by atoms with Crippen LogP contribution in [-0.2, 0) is 9.53 Å². The van der Waals surface area contributed by atoms with Crippen molar-refractivity contribution in [2.24, 2.45) is 10.7 Å². The van der Waals surface area contributed by atoms with E-state index in [1.807, 2.05) is 6.92 Å². The highest BCUT2D eigenvalue weighted by atomic mass is 16.5. The summed E-state index contributed by atoms with van der Waals surface area (Å²) in [5.41, 5.74) is 8.36. The zero-order chi connectivity index (χ0) is 16.0. The van der Waals surface area contributed by atoms with E-state index in [1.54, 1.807) is 7.05 Å². The van der Waals surface area contributed by atoms with Crippen molar-refractivity contribution in [1.82, 2.24) is 5.32 Å². The van der Waals surface area contributed by atoms with Gasteiger partial charge in [0, 0.05) is 25.7 Å². The summed E-state index contributed by atoms with van der Waals surface area (Å²) in [7, 11) is 1.78. The summed E-state index contributed by atoms with van der Waals surface area (Å²) in [6.45, 7) is 7.70. The first-order valence-corrected chi connectivity index (χ1v) is 7.75. The summed E-state index contributed by atoms with van der Waals surface area (Å²) in [5, 5.41) is 2.94. The van der Waals surface area contributed by atoms with E-state index in [2.05, 4.69) is 30.2 Å². The number of aliphatic imine (C=N–C) groups is 1. The van der Waals surface area contributed by atoms with Crippen molar-refractivity contribution < 1.29 is 9.53 Å². The van der Waals surface area contributed by atoms with Crippen LogP contribution in [0.15, 0.2) is 16.6 Å². The third-order valence-electron chi connectivity index (χ3n) is 4.07. The van der Waals surface area contributed by atoms with E-state index in [0.717, 1.165) is 24.1 Å². The van der Waals surface area contributed by atoms with Gasteiger partial charge < -0.3 is 15.8 Å². The maximum atomic E-state index is 11.4. The Bertz CT molecular complexity index is 414. The highest BCUT2D eigenvalue weighted by Gasteiger charge is 2.34. The summed E-state index contributed by atoms with van der Waals surface area (Å²) in [6, 6.07) is -0.346. The molecule has 1 amide bonds. The Balaban J connectivity index is 3.02. The largest absolute Gasteiger partial charge is 0.369 e. The van der Waals surface area contributed by atoms with Crippen LogP contribution in [0.3, 0.4) is 0 Å². The zero-order valence-electron chi connectivity index (χ0n) is 13.8. The first-order chi connectivity index (χ1) is 9.92. The van der Waals surface area contributed by atoms with Crippen molar-refractivity contribution >= 4 is 11.6 Å². The van der Waals surface area contributed by atoms with Crippen LogP contribution in [0.2, 0.25) is 0 Å². The minimum absolute atomic E-state index is 0.0775. The monoisotopic (exact) mass is 295 g/mol. The van der Waals surface area contributed by atoms with Crippen molar-refractivity contribution in [2.75, 3.05) is 7.05 Å². The Hall–Kier alpha value is -1.20. The number of carbonyl (C=O) groups excluding carboxylic acids is 1. The average Bonchev–Trinajstić information content (AvgIpc) is 2.46. The van der Waals surface area contributed by atoms with Gasteiger partial charge in [-0.25, -0.2) is 0 Å². The van der Waals surface area contributed by atoms with Crippen LogP contribution < -0.4 is 11.1 Å². The van der Waals surface area contributed by atoms with Crippen molar-refractivity contribution in [3.63, 3.8) is 0 Å². The van der Waals surface area contributed by atoms with Crippen LogP contribution in [0.1, 0.15) is 47.0 Å². The van der Waals surface area contributed by atoms with Gasteiger partial charge in [0.05, 0.1) is 18.2 Å². The van der Waals surface area contributed by atoms with Crippen molar-refractivity contribution in [2.45, 2.75) is 71.2 Å². The number of hydrogen-bond donors (Lipinski definition) is 2. The lowest BCUT2D eigenvalue weighted by molar-refractivity contribution is -0.121. The molecule has 3 N–H and O–H groups in total. The third-order valence-corrected chi connectivity index (χ3v) is 4.07. The van der Waals surface area contributed by atoms with Crippen molar-refractivity contribution in [1.29, 1.82) is 0 Å². The highest BCUT2D eigenvalue weighted by molar-refractivity contribution is 5.98. The molecule has 0 aromatic heterocycles. The predicted molar refractivity (Wildman–Crippen MR) is 86.6 cm³/mol. The van der Waals surface area contributed by atoms with Gasteiger partial charge in [0.2, 0.25) is 5.91 Å². The van der Waals surface area contributed by atoms with Gasteiger partial charge in [-0.2, -0.15) is 0 Å². The number of nitrogens with zero attached hydrogens (tertiary/aromatic N) is 1. The summed E-state index contributed by atoms with van der Waals surface area (Å²) in [5.74, 6) is -0.0775. The van der Waals surface area contributed by atoms with Gasteiger partial charge in [-0.3, -0.25) is 9.79 Å². The molecule has 0 heterocycles. The minimum Gasteiger partial charge on any atom is -0.369 e. The first kappa shape index (κ1) is 17.9. The molecule has 21 heavy (non-hydrogen) atoms. The maximum absolute atomic E-state index is 11.4. The fraction of sp³-hybridized carbons (Fsp3) is 0.750. The lowest BCUT2D eigenvalue weighted by atomic mass is 9.86. The van der Waals surface area contributed by atoms with Crippen LogP contribution in [-0.4, -0.2) is 43.0 Å². The van der Waals surface area contributed by atoms with E-state index in [9.17, 15) is 4.79 Å². The predicted octanol–water partition coefficient (Wildman–Crippen LogP) is 1.81. The van der Waals surface area contributed by atoms with Gasteiger partial charge in [-0.05, 0) is 37.8 Å². The normalized spacial score (nSPS) is 26.7. The Morgan fingerprint density at radius 2 is 2.10 bits per heavy atom. The fourth-order valence-electron chi connectivity index (χ4n) is 2.66. The van der Waals surface area contributed by atoms with Crippen LogP contribution in [0, 0.1) is 0 Å². The number of amides is 1. The van der Waals surface area contributed by atoms with Crippen LogP contribution in [0.4, 0.5) is 0 Å². The molecule has 1 rings (SSSR count). The Kier molecular flexibility index (Phi) is 7.05. The van der Waals surface area contributed by atoms with E-state index >= 15 is 0 Å². The first-order valence-electron chi connectivity index (χ1n) is 7.75. The van der Waals surface area contributed by atoms with Crippen LogP contribution in [0.5, 0.6) is 0 Å². The number of rotatable bonds is 6. The van der Waals surface area contributed by atoms with Gasteiger partial charge in [0.25, 0.3) is 0 Å². The second kappa shape index (κ2) is 8.29. The molecule has 0 aromatic carbocycles. The molecule has 1 aliphatic carbocycles. The Labute approximate surface area is 128 Å². The molecule has 0 spiro atoms. The molecule has 0 fully saturated rings. The van der Waals surface area contributed by atoms with Crippen molar-refractivity contribution in [3.05, 3.63) is 11.6 Å². The van der Waals surface area contributed by atoms with E-state index in [1.165, 1.54) is 6.92 Å². The smallest absolute Gasteiger partial charge is 0.217 e. The molecule has 0 saturated heterocycles. The standard InChI is InChI=1S/C16H29N3O2/c1-6-13(7-2)21-15-9-12(10(3)18-5)8-14(17)16(15)19-11(4)20/h9,13-16H,6-8,17H2,1-5H3,(H,19,20)/b18-10+/t14-,15+,16+/m0/s1. The summed E-state index contributed by atoms with van der Waals surface area (Å²) >= 11 is 0. The molecule has 0 radical (unpaired) electrons.